The quantitative estimate of drug-likeness (QED) is 0.779. The highest BCUT2D eigenvalue weighted by Crippen LogP contribution is 2.38. The van der Waals surface area contributed by atoms with Crippen LogP contribution in [0.2, 0.25) is 0 Å². The molecule has 19 heavy (non-hydrogen) atoms. The standard InChI is InChI=1S/C15H24N2O2/c1-3-12-14(18)16-9-5-4-6-13(16)15(19)17(12)10(2)11-7-8-11/h10-13H,3-9H2,1-2H3. The topological polar surface area (TPSA) is 40.6 Å². The molecular weight excluding hydrogens is 240 g/mol. The summed E-state index contributed by atoms with van der Waals surface area (Å²) in [6.07, 6.45) is 6.14. The molecule has 3 aliphatic rings. The average molecular weight is 264 g/mol. The second-order valence-corrected chi connectivity index (χ2v) is 6.29. The molecule has 0 aromatic carbocycles. The van der Waals surface area contributed by atoms with E-state index in [1.807, 2.05) is 16.7 Å². The van der Waals surface area contributed by atoms with Crippen molar-refractivity contribution >= 4 is 11.8 Å². The Labute approximate surface area is 115 Å². The second-order valence-electron chi connectivity index (χ2n) is 6.29. The maximum absolute atomic E-state index is 12.8. The number of carbonyl (C=O) groups excluding carboxylic acids is 2. The predicted molar refractivity (Wildman–Crippen MR) is 72.5 cm³/mol. The zero-order valence-electron chi connectivity index (χ0n) is 12.0. The summed E-state index contributed by atoms with van der Waals surface area (Å²) in [4.78, 5) is 29.2. The number of piperazine rings is 1. The molecule has 0 aromatic heterocycles. The van der Waals surface area contributed by atoms with E-state index in [1.165, 1.54) is 12.8 Å². The third-order valence-electron chi connectivity index (χ3n) is 5.08. The summed E-state index contributed by atoms with van der Waals surface area (Å²) in [5.41, 5.74) is 0. The molecule has 4 nitrogen and oxygen atoms in total. The first-order valence-corrected chi connectivity index (χ1v) is 7.77. The highest BCUT2D eigenvalue weighted by atomic mass is 16.2. The van der Waals surface area contributed by atoms with Crippen LogP contribution in [0.25, 0.3) is 0 Å². The summed E-state index contributed by atoms with van der Waals surface area (Å²) in [5.74, 6) is 1.03. The Morgan fingerprint density at radius 3 is 2.53 bits per heavy atom. The zero-order valence-corrected chi connectivity index (χ0v) is 12.0. The normalized spacial score (nSPS) is 33.4. The van der Waals surface area contributed by atoms with Crippen LogP contribution in [0.4, 0.5) is 0 Å². The number of rotatable bonds is 3. The van der Waals surface area contributed by atoms with E-state index in [2.05, 4.69) is 6.92 Å². The minimum atomic E-state index is -0.211. The van der Waals surface area contributed by atoms with Gasteiger partial charge in [-0.3, -0.25) is 9.59 Å². The van der Waals surface area contributed by atoms with Crippen molar-refractivity contribution in [2.75, 3.05) is 6.54 Å². The molecule has 0 radical (unpaired) electrons. The fourth-order valence-corrected chi connectivity index (χ4v) is 3.75. The Balaban J connectivity index is 1.88. The molecule has 3 fully saturated rings. The van der Waals surface area contributed by atoms with Crippen molar-refractivity contribution in [1.29, 1.82) is 0 Å². The lowest BCUT2D eigenvalue weighted by atomic mass is 9.92. The lowest BCUT2D eigenvalue weighted by Gasteiger charge is -2.49. The third kappa shape index (κ3) is 2.05. The van der Waals surface area contributed by atoms with Crippen LogP contribution in [-0.4, -0.2) is 46.3 Å². The van der Waals surface area contributed by atoms with E-state index in [9.17, 15) is 9.59 Å². The van der Waals surface area contributed by atoms with Gasteiger partial charge in [0.1, 0.15) is 12.1 Å². The predicted octanol–water partition coefficient (Wildman–Crippen LogP) is 1.79. The molecule has 3 rings (SSSR count). The first-order valence-electron chi connectivity index (χ1n) is 7.77. The molecule has 0 N–H and O–H groups in total. The highest BCUT2D eigenvalue weighted by Gasteiger charge is 2.49. The Morgan fingerprint density at radius 1 is 1.16 bits per heavy atom. The monoisotopic (exact) mass is 264 g/mol. The molecule has 0 bridgehead atoms. The van der Waals surface area contributed by atoms with Crippen molar-refractivity contribution in [1.82, 2.24) is 9.80 Å². The van der Waals surface area contributed by atoms with Gasteiger partial charge in [-0.25, -0.2) is 0 Å². The van der Waals surface area contributed by atoms with Gasteiger partial charge in [0, 0.05) is 12.6 Å². The minimum absolute atomic E-state index is 0.162. The molecule has 1 aliphatic carbocycles. The van der Waals surface area contributed by atoms with Gasteiger partial charge < -0.3 is 9.80 Å². The SMILES string of the molecule is CCC1C(=O)N2CCCCC2C(=O)N1C(C)C1CC1. The molecule has 4 heteroatoms. The summed E-state index contributed by atoms with van der Waals surface area (Å²) in [7, 11) is 0. The van der Waals surface area contributed by atoms with Crippen molar-refractivity contribution in [3.8, 4) is 0 Å². The van der Waals surface area contributed by atoms with Gasteiger partial charge in [0.15, 0.2) is 0 Å². The van der Waals surface area contributed by atoms with Gasteiger partial charge in [-0.05, 0) is 51.4 Å². The van der Waals surface area contributed by atoms with E-state index in [0.29, 0.717) is 5.92 Å². The molecule has 1 saturated carbocycles. The molecule has 3 unspecified atom stereocenters. The zero-order chi connectivity index (χ0) is 13.6. The Bertz CT molecular complexity index is 392. The van der Waals surface area contributed by atoms with E-state index in [-0.39, 0.29) is 29.9 Å². The number of fused-ring (bicyclic) bond motifs is 1. The van der Waals surface area contributed by atoms with Crippen LogP contribution in [0.5, 0.6) is 0 Å². The van der Waals surface area contributed by atoms with Crippen LogP contribution in [0, 0.1) is 5.92 Å². The summed E-state index contributed by atoms with van der Waals surface area (Å²) in [6.45, 7) is 4.92. The Kier molecular flexibility index (Phi) is 3.27. The first kappa shape index (κ1) is 12.9. The third-order valence-corrected chi connectivity index (χ3v) is 5.08. The minimum Gasteiger partial charge on any atom is -0.329 e. The molecule has 0 spiro atoms. The maximum atomic E-state index is 12.8. The fraction of sp³-hybridized carbons (Fsp3) is 0.867. The fourth-order valence-electron chi connectivity index (χ4n) is 3.75. The lowest BCUT2D eigenvalue weighted by Crippen LogP contribution is -2.67. The smallest absolute Gasteiger partial charge is 0.246 e. The summed E-state index contributed by atoms with van der Waals surface area (Å²) < 4.78 is 0. The summed E-state index contributed by atoms with van der Waals surface area (Å²) in [6, 6.07) is -0.131. The van der Waals surface area contributed by atoms with Crippen LogP contribution < -0.4 is 0 Å². The maximum Gasteiger partial charge on any atom is 0.246 e. The Hall–Kier alpha value is -1.06. The molecule has 2 heterocycles. The molecule has 3 atom stereocenters. The number of nitrogens with zero attached hydrogens (tertiary/aromatic N) is 2. The van der Waals surface area contributed by atoms with Crippen molar-refractivity contribution in [2.24, 2.45) is 5.92 Å². The average Bonchev–Trinajstić information content (AvgIpc) is 3.26. The van der Waals surface area contributed by atoms with Gasteiger partial charge in [0.25, 0.3) is 0 Å². The van der Waals surface area contributed by atoms with Gasteiger partial charge in [-0.15, -0.1) is 0 Å². The van der Waals surface area contributed by atoms with E-state index in [4.69, 9.17) is 0 Å². The van der Waals surface area contributed by atoms with E-state index < -0.39 is 0 Å². The number of hydrogen-bond donors (Lipinski definition) is 0. The van der Waals surface area contributed by atoms with Crippen LogP contribution in [-0.2, 0) is 9.59 Å². The number of hydrogen-bond acceptors (Lipinski definition) is 2. The van der Waals surface area contributed by atoms with Gasteiger partial charge in [0.05, 0.1) is 0 Å². The molecule has 0 aromatic rings. The van der Waals surface area contributed by atoms with Crippen molar-refractivity contribution in [2.45, 2.75) is 70.5 Å². The van der Waals surface area contributed by atoms with Crippen LogP contribution >= 0.6 is 0 Å². The van der Waals surface area contributed by atoms with E-state index in [1.54, 1.807) is 0 Å². The second kappa shape index (κ2) is 4.80. The van der Waals surface area contributed by atoms with Crippen molar-refractivity contribution in [3.63, 3.8) is 0 Å². The lowest BCUT2D eigenvalue weighted by molar-refractivity contribution is -0.166. The van der Waals surface area contributed by atoms with E-state index in [0.717, 1.165) is 32.2 Å². The van der Waals surface area contributed by atoms with Gasteiger partial charge in [0.2, 0.25) is 11.8 Å². The van der Waals surface area contributed by atoms with Gasteiger partial charge >= 0.3 is 0 Å². The van der Waals surface area contributed by atoms with Gasteiger partial charge in [-0.2, -0.15) is 0 Å². The van der Waals surface area contributed by atoms with Crippen LogP contribution in [0.3, 0.4) is 0 Å². The summed E-state index contributed by atoms with van der Waals surface area (Å²) in [5, 5.41) is 0. The largest absolute Gasteiger partial charge is 0.329 e. The molecule has 2 aliphatic heterocycles. The Morgan fingerprint density at radius 2 is 1.89 bits per heavy atom. The number of piperidine rings is 1. The van der Waals surface area contributed by atoms with Crippen molar-refractivity contribution < 1.29 is 9.59 Å². The van der Waals surface area contributed by atoms with E-state index >= 15 is 0 Å². The first-order chi connectivity index (χ1) is 9.15. The molecular formula is C15H24N2O2. The molecule has 2 amide bonds. The van der Waals surface area contributed by atoms with Gasteiger partial charge in [-0.1, -0.05) is 6.92 Å². The van der Waals surface area contributed by atoms with Crippen LogP contribution in [0.15, 0.2) is 0 Å². The number of carbonyl (C=O) groups is 2. The number of amides is 2. The molecule has 106 valence electrons. The van der Waals surface area contributed by atoms with Crippen molar-refractivity contribution in [3.05, 3.63) is 0 Å². The summed E-state index contributed by atoms with van der Waals surface area (Å²) >= 11 is 0. The highest BCUT2D eigenvalue weighted by molar-refractivity contribution is 5.97. The van der Waals surface area contributed by atoms with Crippen LogP contribution in [0.1, 0.15) is 52.4 Å². The molecule has 2 saturated heterocycles.